The fraction of sp³-hybridized carbons (Fsp3) is 0.200. The van der Waals surface area contributed by atoms with Gasteiger partial charge in [-0.2, -0.15) is 8.75 Å². The highest BCUT2D eigenvalue weighted by Gasteiger charge is 2.13. The van der Waals surface area contributed by atoms with Crippen molar-refractivity contribution in [1.29, 1.82) is 0 Å². The van der Waals surface area contributed by atoms with Crippen LogP contribution in [-0.4, -0.2) is 8.75 Å². The molecule has 3 nitrogen and oxygen atoms in total. The minimum absolute atomic E-state index is 0.275. The molecule has 0 bridgehead atoms. The Morgan fingerprint density at radius 2 is 2.19 bits per heavy atom. The van der Waals surface area contributed by atoms with Crippen LogP contribution in [0, 0.1) is 11.6 Å². The van der Waals surface area contributed by atoms with Crippen molar-refractivity contribution in [2.45, 2.75) is 12.5 Å². The van der Waals surface area contributed by atoms with Gasteiger partial charge in [0.05, 0.1) is 29.7 Å². The van der Waals surface area contributed by atoms with Crippen molar-refractivity contribution in [3.8, 4) is 0 Å². The lowest BCUT2D eigenvalue weighted by Gasteiger charge is -2.08. The lowest BCUT2D eigenvalue weighted by Crippen LogP contribution is -2.14. The first kappa shape index (κ1) is 11.1. The molecule has 84 valence electrons. The summed E-state index contributed by atoms with van der Waals surface area (Å²) in [4.78, 5) is 0. The summed E-state index contributed by atoms with van der Waals surface area (Å²) in [5, 5.41) is 0. The summed E-state index contributed by atoms with van der Waals surface area (Å²) in [6, 6.07) is 3.04. The number of hydrogen-bond donors (Lipinski definition) is 1. The second-order valence-corrected chi connectivity index (χ2v) is 3.94. The number of benzene rings is 1. The summed E-state index contributed by atoms with van der Waals surface area (Å²) in [5.74, 6) is -1.18. The van der Waals surface area contributed by atoms with E-state index in [1.54, 1.807) is 6.20 Å². The molecular formula is C10H9F2N3S. The fourth-order valence-electron chi connectivity index (χ4n) is 1.36. The Morgan fingerprint density at radius 1 is 1.38 bits per heavy atom. The van der Waals surface area contributed by atoms with E-state index in [9.17, 15) is 8.78 Å². The van der Waals surface area contributed by atoms with Gasteiger partial charge in [-0.05, 0) is 18.1 Å². The molecule has 0 fully saturated rings. The highest BCUT2D eigenvalue weighted by atomic mass is 32.1. The van der Waals surface area contributed by atoms with Gasteiger partial charge in [-0.15, -0.1) is 0 Å². The zero-order chi connectivity index (χ0) is 11.5. The Hall–Kier alpha value is -1.40. The molecule has 2 aromatic rings. The van der Waals surface area contributed by atoms with Crippen molar-refractivity contribution < 1.29 is 8.78 Å². The van der Waals surface area contributed by atoms with E-state index < -0.39 is 17.7 Å². The summed E-state index contributed by atoms with van der Waals surface area (Å²) < 4.78 is 33.8. The van der Waals surface area contributed by atoms with Crippen LogP contribution in [0.15, 0.2) is 24.4 Å². The Balaban J connectivity index is 2.15. The molecule has 2 rings (SSSR count). The fourth-order valence-corrected chi connectivity index (χ4v) is 1.84. The van der Waals surface area contributed by atoms with Crippen LogP contribution in [0.1, 0.15) is 17.3 Å². The quantitative estimate of drug-likeness (QED) is 0.894. The normalized spacial score (nSPS) is 12.7. The summed E-state index contributed by atoms with van der Waals surface area (Å²) in [5.41, 5.74) is 6.82. The predicted octanol–water partition coefficient (Wildman–Crippen LogP) is 2.06. The number of rotatable bonds is 3. The van der Waals surface area contributed by atoms with Crippen molar-refractivity contribution in [2.24, 2.45) is 5.73 Å². The van der Waals surface area contributed by atoms with Gasteiger partial charge in [0.1, 0.15) is 11.6 Å². The molecule has 0 aliphatic rings. The first-order valence-electron chi connectivity index (χ1n) is 4.64. The first-order chi connectivity index (χ1) is 7.66. The van der Waals surface area contributed by atoms with Crippen LogP contribution < -0.4 is 5.73 Å². The van der Waals surface area contributed by atoms with Crippen molar-refractivity contribution in [1.82, 2.24) is 8.75 Å². The van der Waals surface area contributed by atoms with E-state index in [1.165, 1.54) is 12.1 Å². The molecule has 1 aromatic heterocycles. The maximum Gasteiger partial charge on any atom is 0.129 e. The van der Waals surface area contributed by atoms with Crippen molar-refractivity contribution in [3.05, 3.63) is 47.3 Å². The third kappa shape index (κ3) is 2.40. The Bertz CT molecular complexity index is 473. The topological polar surface area (TPSA) is 51.8 Å². The third-order valence-electron chi connectivity index (χ3n) is 2.21. The molecule has 0 saturated carbocycles. The zero-order valence-electron chi connectivity index (χ0n) is 8.23. The highest BCUT2D eigenvalue weighted by molar-refractivity contribution is 6.99. The highest BCUT2D eigenvalue weighted by Crippen LogP contribution is 2.17. The van der Waals surface area contributed by atoms with Crippen LogP contribution >= 0.6 is 11.7 Å². The maximum absolute atomic E-state index is 13.3. The zero-order valence-corrected chi connectivity index (χ0v) is 9.05. The van der Waals surface area contributed by atoms with Gasteiger partial charge in [-0.25, -0.2) is 8.78 Å². The van der Waals surface area contributed by atoms with Crippen LogP contribution in [0.5, 0.6) is 0 Å². The summed E-state index contributed by atoms with van der Waals surface area (Å²) >= 11 is 1.05. The molecular weight excluding hydrogens is 232 g/mol. The van der Waals surface area contributed by atoms with Crippen LogP contribution in [0.25, 0.3) is 0 Å². The van der Waals surface area contributed by atoms with Gasteiger partial charge in [0.25, 0.3) is 0 Å². The van der Waals surface area contributed by atoms with Gasteiger partial charge in [0.2, 0.25) is 0 Å². The number of aromatic nitrogens is 2. The summed E-state index contributed by atoms with van der Waals surface area (Å²) in [6.45, 7) is 0. The number of halogens is 2. The molecule has 0 aliphatic heterocycles. The van der Waals surface area contributed by atoms with E-state index in [-0.39, 0.29) is 6.42 Å². The first-order valence-corrected chi connectivity index (χ1v) is 5.37. The molecule has 0 aliphatic carbocycles. The van der Waals surface area contributed by atoms with Gasteiger partial charge in [0.15, 0.2) is 0 Å². The van der Waals surface area contributed by atoms with E-state index in [4.69, 9.17) is 5.73 Å². The van der Waals surface area contributed by atoms with Gasteiger partial charge in [-0.1, -0.05) is 6.07 Å². The Labute approximate surface area is 95.3 Å². The molecule has 16 heavy (non-hydrogen) atoms. The molecule has 0 radical (unpaired) electrons. The number of nitrogens with zero attached hydrogens (tertiary/aromatic N) is 2. The number of nitrogens with two attached hydrogens (primary N) is 1. The number of hydrogen-bond acceptors (Lipinski definition) is 4. The second-order valence-electron chi connectivity index (χ2n) is 3.38. The predicted molar refractivity (Wildman–Crippen MR) is 56.9 cm³/mol. The molecule has 1 unspecified atom stereocenters. The summed E-state index contributed by atoms with van der Waals surface area (Å²) in [7, 11) is 0. The van der Waals surface area contributed by atoms with Crippen molar-refractivity contribution in [2.75, 3.05) is 0 Å². The van der Waals surface area contributed by atoms with Crippen LogP contribution in [0.3, 0.4) is 0 Å². The molecule has 1 aromatic carbocycles. The van der Waals surface area contributed by atoms with Crippen molar-refractivity contribution in [3.63, 3.8) is 0 Å². The van der Waals surface area contributed by atoms with E-state index >= 15 is 0 Å². The van der Waals surface area contributed by atoms with Gasteiger partial charge in [-0.3, -0.25) is 0 Å². The molecule has 0 saturated heterocycles. The van der Waals surface area contributed by atoms with E-state index in [0.29, 0.717) is 11.3 Å². The third-order valence-corrected chi connectivity index (χ3v) is 2.71. The van der Waals surface area contributed by atoms with Crippen molar-refractivity contribution >= 4 is 11.7 Å². The lowest BCUT2D eigenvalue weighted by molar-refractivity contribution is 0.562. The Morgan fingerprint density at radius 3 is 2.81 bits per heavy atom. The minimum Gasteiger partial charge on any atom is -0.322 e. The molecule has 1 heterocycles. The largest absolute Gasteiger partial charge is 0.322 e. The molecule has 1 atom stereocenters. The monoisotopic (exact) mass is 241 g/mol. The molecule has 2 N–H and O–H groups in total. The average molecular weight is 241 g/mol. The standard InChI is InChI=1S/C10H9F2N3S/c11-7-2-1-6(8(12)4-7)3-9(13)10-5-14-16-15-10/h1-2,4-5,9H,3,13H2. The van der Waals surface area contributed by atoms with Crippen LogP contribution in [0.2, 0.25) is 0 Å². The van der Waals surface area contributed by atoms with Gasteiger partial charge in [0, 0.05) is 6.07 Å². The van der Waals surface area contributed by atoms with E-state index in [2.05, 4.69) is 8.75 Å². The van der Waals surface area contributed by atoms with Gasteiger partial charge >= 0.3 is 0 Å². The van der Waals surface area contributed by atoms with Crippen LogP contribution in [0.4, 0.5) is 8.78 Å². The smallest absolute Gasteiger partial charge is 0.129 e. The molecule has 0 amide bonds. The summed E-state index contributed by atoms with van der Waals surface area (Å²) in [6.07, 6.45) is 1.83. The second kappa shape index (κ2) is 4.63. The molecule has 6 heteroatoms. The SMILES string of the molecule is NC(Cc1ccc(F)cc1F)c1cnsn1. The average Bonchev–Trinajstić information content (AvgIpc) is 2.75. The lowest BCUT2D eigenvalue weighted by atomic mass is 10.0. The maximum atomic E-state index is 13.3. The Kier molecular flexibility index (Phi) is 3.21. The van der Waals surface area contributed by atoms with E-state index in [0.717, 1.165) is 17.8 Å². The molecule has 0 spiro atoms. The van der Waals surface area contributed by atoms with Gasteiger partial charge < -0.3 is 5.73 Å². The van der Waals surface area contributed by atoms with Crippen LogP contribution in [-0.2, 0) is 6.42 Å². The minimum atomic E-state index is -0.592. The van der Waals surface area contributed by atoms with E-state index in [1.807, 2.05) is 0 Å².